The average Bonchev–Trinajstić information content (AvgIpc) is 3.17. The van der Waals surface area contributed by atoms with Crippen LogP contribution in [-0.4, -0.2) is 27.0 Å². The van der Waals surface area contributed by atoms with Crippen molar-refractivity contribution in [1.29, 1.82) is 0 Å². The van der Waals surface area contributed by atoms with Crippen molar-refractivity contribution >= 4 is 29.1 Å². The van der Waals surface area contributed by atoms with Crippen LogP contribution in [0.5, 0.6) is 0 Å². The van der Waals surface area contributed by atoms with Gasteiger partial charge in [-0.3, -0.25) is 14.2 Å². The van der Waals surface area contributed by atoms with E-state index in [1.54, 1.807) is 37.4 Å². The Kier molecular flexibility index (Phi) is 6.31. The van der Waals surface area contributed by atoms with Gasteiger partial charge >= 0.3 is 0 Å². The van der Waals surface area contributed by atoms with E-state index in [1.165, 1.54) is 22.9 Å². The highest BCUT2D eigenvalue weighted by atomic mass is 32.2. The summed E-state index contributed by atoms with van der Waals surface area (Å²) in [6.07, 6.45) is 4.07. The van der Waals surface area contributed by atoms with E-state index in [2.05, 4.69) is 42.3 Å². The standard InChI is InChI=1S/C22H23N3O2S/c1-4-21(27)24-18-8-6-17(7-9-18)20(26)14-28-22-23-11-12-25(22)19-10-5-15(2)16(3)13-19/h5-13H,4,14H2,1-3H3,(H,24,27). The number of aromatic nitrogens is 2. The molecule has 1 aromatic heterocycles. The summed E-state index contributed by atoms with van der Waals surface area (Å²) in [7, 11) is 0. The maximum Gasteiger partial charge on any atom is 0.224 e. The van der Waals surface area contributed by atoms with Gasteiger partial charge in [0.2, 0.25) is 5.91 Å². The first-order chi connectivity index (χ1) is 13.5. The molecule has 3 rings (SSSR count). The third kappa shape index (κ3) is 4.70. The Morgan fingerprint density at radius 1 is 1.07 bits per heavy atom. The minimum absolute atomic E-state index is 0.0213. The molecule has 0 spiro atoms. The van der Waals surface area contributed by atoms with Gasteiger partial charge in [-0.1, -0.05) is 24.8 Å². The van der Waals surface area contributed by atoms with Crippen LogP contribution < -0.4 is 5.32 Å². The summed E-state index contributed by atoms with van der Waals surface area (Å²) in [5.74, 6) is 0.267. The average molecular weight is 394 g/mol. The van der Waals surface area contributed by atoms with E-state index in [4.69, 9.17) is 0 Å². The fourth-order valence-electron chi connectivity index (χ4n) is 2.67. The van der Waals surface area contributed by atoms with E-state index in [1.807, 2.05) is 10.8 Å². The maximum absolute atomic E-state index is 12.5. The van der Waals surface area contributed by atoms with Gasteiger partial charge in [0.05, 0.1) is 5.75 Å². The monoisotopic (exact) mass is 393 g/mol. The van der Waals surface area contributed by atoms with Crippen LogP contribution in [0.15, 0.2) is 60.0 Å². The van der Waals surface area contributed by atoms with Crippen molar-refractivity contribution in [3.8, 4) is 5.69 Å². The van der Waals surface area contributed by atoms with Crippen molar-refractivity contribution in [3.05, 3.63) is 71.5 Å². The normalized spacial score (nSPS) is 10.7. The van der Waals surface area contributed by atoms with Gasteiger partial charge in [-0.2, -0.15) is 0 Å². The van der Waals surface area contributed by atoms with Crippen LogP contribution in [0.4, 0.5) is 5.69 Å². The number of anilines is 1. The molecule has 5 nitrogen and oxygen atoms in total. The van der Waals surface area contributed by atoms with Gasteiger partial charge < -0.3 is 5.32 Å². The lowest BCUT2D eigenvalue weighted by Crippen LogP contribution is -2.10. The Balaban J connectivity index is 1.66. The second kappa shape index (κ2) is 8.89. The number of benzene rings is 2. The summed E-state index contributed by atoms with van der Waals surface area (Å²) in [6.45, 7) is 5.96. The number of amides is 1. The number of ketones is 1. The van der Waals surface area contributed by atoms with Crippen LogP contribution in [0.25, 0.3) is 5.69 Å². The van der Waals surface area contributed by atoms with Gasteiger partial charge in [-0.25, -0.2) is 4.98 Å². The molecule has 144 valence electrons. The predicted octanol–water partition coefficient (Wildman–Crippen LogP) is 4.81. The van der Waals surface area contributed by atoms with E-state index in [-0.39, 0.29) is 11.7 Å². The molecule has 0 bridgehead atoms. The fourth-order valence-corrected chi connectivity index (χ4v) is 3.54. The number of carbonyl (C=O) groups is 2. The third-order valence-corrected chi connectivity index (χ3v) is 5.49. The lowest BCUT2D eigenvalue weighted by atomic mass is 10.1. The summed E-state index contributed by atoms with van der Waals surface area (Å²) in [5, 5.41) is 3.56. The van der Waals surface area contributed by atoms with Gasteiger partial charge in [0.15, 0.2) is 10.9 Å². The molecule has 0 aliphatic heterocycles. The molecule has 0 saturated carbocycles. The van der Waals surface area contributed by atoms with Crippen molar-refractivity contribution in [3.63, 3.8) is 0 Å². The number of Topliss-reactive ketones (excluding diaryl/α,β-unsaturated/α-hetero) is 1. The van der Waals surface area contributed by atoms with E-state index in [9.17, 15) is 9.59 Å². The summed E-state index contributed by atoms with van der Waals surface area (Å²) in [4.78, 5) is 28.4. The number of aryl methyl sites for hydroxylation is 2. The van der Waals surface area contributed by atoms with Crippen LogP contribution in [0.2, 0.25) is 0 Å². The van der Waals surface area contributed by atoms with Gasteiger partial charge in [0.1, 0.15) is 0 Å². The molecule has 0 radical (unpaired) electrons. The van der Waals surface area contributed by atoms with Crippen molar-refractivity contribution in [1.82, 2.24) is 9.55 Å². The Morgan fingerprint density at radius 3 is 2.50 bits per heavy atom. The maximum atomic E-state index is 12.5. The molecule has 1 N–H and O–H groups in total. The molecule has 28 heavy (non-hydrogen) atoms. The lowest BCUT2D eigenvalue weighted by Gasteiger charge is -2.10. The van der Waals surface area contributed by atoms with Crippen LogP contribution in [0.1, 0.15) is 34.8 Å². The number of nitrogens with zero attached hydrogens (tertiary/aromatic N) is 2. The topological polar surface area (TPSA) is 64.0 Å². The second-order valence-corrected chi connectivity index (χ2v) is 7.48. The van der Waals surface area contributed by atoms with Crippen LogP contribution in [0.3, 0.4) is 0 Å². The molecule has 1 amide bonds. The molecule has 0 aliphatic rings. The molecule has 0 saturated heterocycles. The zero-order valence-corrected chi connectivity index (χ0v) is 17.0. The summed E-state index contributed by atoms with van der Waals surface area (Å²) < 4.78 is 1.99. The first-order valence-corrected chi connectivity index (χ1v) is 10.1. The van der Waals surface area contributed by atoms with Gasteiger partial charge in [0, 0.05) is 35.8 Å². The number of rotatable bonds is 7. The van der Waals surface area contributed by atoms with Crippen molar-refractivity contribution < 1.29 is 9.59 Å². The van der Waals surface area contributed by atoms with E-state index < -0.39 is 0 Å². The highest BCUT2D eigenvalue weighted by Gasteiger charge is 2.12. The lowest BCUT2D eigenvalue weighted by molar-refractivity contribution is -0.115. The molecule has 6 heteroatoms. The Bertz CT molecular complexity index is 993. The molecule has 0 atom stereocenters. The highest BCUT2D eigenvalue weighted by Crippen LogP contribution is 2.23. The number of imidazole rings is 1. The minimum atomic E-state index is -0.0483. The quantitative estimate of drug-likeness (QED) is 0.462. The largest absolute Gasteiger partial charge is 0.326 e. The molecule has 2 aromatic carbocycles. The number of hydrogen-bond donors (Lipinski definition) is 1. The van der Waals surface area contributed by atoms with Gasteiger partial charge in [-0.15, -0.1) is 0 Å². The number of hydrogen-bond acceptors (Lipinski definition) is 4. The first-order valence-electron chi connectivity index (χ1n) is 9.15. The van der Waals surface area contributed by atoms with Gasteiger partial charge in [-0.05, 0) is 61.4 Å². The fraction of sp³-hybridized carbons (Fsp3) is 0.227. The molecule has 0 unspecified atom stereocenters. The van der Waals surface area contributed by atoms with Crippen LogP contribution in [-0.2, 0) is 4.79 Å². The van der Waals surface area contributed by atoms with E-state index >= 15 is 0 Å². The van der Waals surface area contributed by atoms with Crippen molar-refractivity contribution in [2.24, 2.45) is 0 Å². The molecular weight excluding hydrogens is 370 g/mol. The Labute approximate surface area is 169 Å². The molecule has 0 aliphatic carbocycles. The minimum Gasteiger partial charge on any atom is -0.326 e. The zero-order valence-electron chi connectivity index (χ0n) is 16.2. The summed E-state index contributed by atoms with van der Waals surface area (Å²) in [5.41, 5.74) is 4.81. The first kappa shape index (κ1) is 19.9. The van der Waals surface area contributed by atoms with Crippen molar-refractivity contribution in [2.45, 2.75) is 32.3 Å². The Hall–Kier alpha value is -2.86. The van der Waals surface area contributed by atoms with Crippen molar-refractivity contribution in [2.75, 3.05) is 11.1 Å². The number of carbonyl (C=O) groups excluding carboxylic acids is 2. The number of thioether (sulfide) groups is 1. The smallest absolute Gasteiger partial charge is 0.224 e. The predicted molar refractivity (Wildman–Crippen MR) is 113 cm³/mol. The molecule has 3 aromatic rings. The Morgan fingerprint density at radius 2 is 1.82 bits per heavy atom. The molecule has 1 heterocycles. The molecule has 0 fully saturated rings. The number of nitrogens with one attached hydrogen (secondary N) is 1. The summed E-state index contributed by atoms with van der Waals surface area (Å²) in [6, 6.07) is 13.2. The second-order valence-electron chi connectivity index (χ2n) is 6.54. The third-order valence-electron chi connectivity index (χ3n) is 4.52. The SMILES string of the molecule is CCC(=O)Nc1ccc(C(=O)CSc2nccn2-c2ccc(C)c(C)c2)cc1. The zero-order chi connectivity index (χ0) is 20.1. The summed E-state index contributed by atoms with van der Waals surface area (Å²) >= 11 is 1.41. The van der Waals surface area contributed by atoms with Gasteiger partial charge in [0.25, 0.3) is 0 Å². The van der Waals surface area contributed by atoms with E-state index in [0.717, 1.165) is 10.8 Å². The van der Waals surface area contributed by atoms with E-state index in [0.29, 0.717) is 23.4 Å². The molecular formula is C22H23N3O2S. The highest BCUT2D eigenvalue weighted by molar-refractivity contribution is 7.99. The van der Waals surface area contributed by atoms with Crippen LogP contribution >= 0.6 is 11.8 Å². The van der Waals surface area contributed by atoms with Crippen LogP contribution in [0, 0.1) is 13.8 Å².